The van der Waals surface area contributed by atoms with Crippen LogP contribution >= 0.6 is 0 Å². The van der Waals surface area contributed by atoms with E-state index < -0.39 is 0 Å². The van der Waals surface area contributed by atoms with Crippen LogP contribution in [0.4, 0.5) is 0 Å². The van der Waals surface area contributed by atoms with Crippen LogP contribution in [0.5, 0.6) is 0 Å². The lowest BCUT2D eigenvalue weighted by Gasteiger charge is -2.02. The molecule has 0 unspecified atom stereocenters. The Morgan fingerprint density at radius 2 is 2.00 bits per heavy atom. The van der Waals surface area contributed by atoms with Crippen LogP contribution in [-0.4, -0.2) is 6.72 Å². The quantitative estimate of drug-likeness (QED) is 0.419. The van der Waals surface area contributed by atoms with Gasteiger partial charge in [-0.2, -0.15) is 0 Å². The Morgan fingerprint density at radius 3 is 2.30 bits per heavy atom. The first-order valence-corrected chi connectivity index (χ1v) is 3.41. The zero-order valence-corrected chi connectivity index (χ0v) is 7.02. The summed E-state index contributed by atoms with van der Waals surface area (Å²) >= 11 is 0. The van der Waals surface area contributed by atoms with Gasteiger partial charge in [0.1, 0.15) is 0 Å². The Balaban J connectivity index is 4.13. The van der Waals surface area contributed by atoms with E-state index >= 15 is 0 Å². The van der Waals surface area contributed by atoms with Crippen LogP contribution in [0.2, 0.25) is 0 Å². The summed E-state index contributed by atoms with van der Waals surface area (Å²) in [6.45, 7) is 13.4. The molecule has 10 heavy (non-hydrogen) atoms. The van der Waals surface area contributed by atoms with E-state index in [1.807, 2.05) is 13.0 Å². The van der Waals surface area contributed by atoms with E-state index in [-0.39, 0.29) is 0 Å². The van der Waals surface area contributed by atoms with Crippen molar-refractivity contribution in [2.75, 3.05) is 0 Å². The smallest absolute Gasteiger partial charge is 0.0368 e. The second-order valence-corrected chi connectivity index (χ2v) is 2.67. The second-order valence-electron chi connectivity index (χ2n) is 2.67. The first-order valence-electron chi connectivity index (χ1n) is 3.41. The van der Waals surface area contributed by atoms with E-state index in [0.29, 0.717) is 5.92 Å². The van der Waals surface area contributed by atoms with Gasteiger partial charge in [0.2, 0.25) is 0 Å². The SMILES string of the molecule is C=N/C(C)=C\C(=C)C(C)C. The van der Waals surface area contributed by atoms with Crippen LogP contribution in [0.25, 0.3) is 0 Å². The zero-order chi connectivity index (χ0) is 8.15. The van der Waals surface area contributed by atoms with E-state index in [2.05, 4.69) is 32.1 Å². The molecule has 0 aromatic carbocycles. The first kappa shape index (κ1) is 9.15. The fourth-order valence-corrected chi connectivity index (χ4v) is 0.481. The van der Waals surface area contributed by atoms with Crippen molar-refractivity contribution in [3.05, 3.63) is 23.9 Å². The molecule has 0 heterocycles. The standard InChI is InChI=1S/C9H15N/c1-7(2)8(3)6-9(4)10-5/h6-7H,3,5H2,1-2,4H3/b9-6-. The minimum atomic E-state index is 0.497. The lowest BCUT2D eigenvalue weighted by atomic mass is 10.0. The molecule has 0 bridgehead atoms. The lowest BCUT2D eigenvalue weighted by molar-refractivity contribution is 0.793. The highest BCUT2D eigenvalue weighted by molar-refractivity contribution is 5.31. The van der Waals surface area contributed by atoms with Crippen molar-refractivity contribution < 1.29 is 0 Å². The molecule has 0 atom stereocenters. The maximum atomic E-state index is 3.88. The Kier molecular flexibility index (Phi) is 3.70. The number of aliphatic imine (C=N–C) groups is 1. The van der Waals surface area contributed by atoms with E-state index in [0.717, 1.165) is 11.3 Å². The van der Waals surface area contributed by atoms with Crippen molar-refractivity contribution in [2.24, 2.45) is 10.9 Å². The van der Waals surface area contributed by atoms with Crippen molar-refractivity contribution in [3.8, 4) is 0 Å². The molecule has 0 aromatic heterocycles. The molecule has 0 fully saturated rings. The van der Waals surface area contributed by atoms with Crippen molar-refractivity contribution in [2.45, 2.75) is 20.8 Å². The van der Waals surface area contributed by atoms with Gasteiger partial charge in [0.15, 0.2) is 0 Å². The van der Waals surface area contributed by atoms with Crippen LogP contribution < -0.4 is 0 Å². The molecule has 0 N–H and O–H groups in total. The molecular formula is C9H15N. The average molecular weight is 137 g/mol. The van der Waals surface area contributed by atoms with Gasteiger partial charge in [0.25, 0.3) is 0 Å². The first-order chi connectivity index (χ1) is 4.57. The molecule has 0 amide bonds. The van der Waals surface area contributed by atoms with Crippen molar-refractivity contribution in [1.29, 1.82) is 0 Å². The van der Waals surface area contributed by atoms with Crippen LogP contribution in [0.15, 0.2) is 28.9 Å². The topological polar surface area (TPSA) is 12.4 Å². The van der Waals surface area contributed by atoms with E-state index in [1.165, 1.54) is 0 Å². The Labute approximate surface area is 63.2 Å². The molecule has 0 radical (unpaired) electrons. The molecule has 0 aromatic rings. The van der Waals surface area contributed by atoms with E-state index in [4.69, 9.17) is 0 Å². The Morgan fingerprint density at radius 1 is 1.50 bits per heavy atom. The van der Waals surface area contributed by atoms with Gasteiger partial charge in [-0.1, -0.05) is 26.0 Å². The molecule has 1 heteroatoms. The van der Waals surface area contributed by atoms with E-state index in [9.17, 15) is 0 Å². The summed E-state index contributed by atoms with van der Waals surface area (Å²) in [6.07, 6.45) is 1.96. The second kappa shape index (κ2) is 4.04. The minimum absolute atomic E-state index is 0.497. The van der Waals surface area contributed by atoms with Gasteiger partial charge in [-0.25, -0.2) is 0 Å². The van der Waals surface area contributed by atoms with Crippen molar-refractivity contribution in [3.63, 3.8) is 0 Å². The maximum absolute atomic E-state index is 3.88. The molecule has 0 aliphatic carbocycles. The molecule has 0 saturated heterocycles. The normalized spacial score (nSPS) is 11.8. The highest BCUT2D eigenvalue weighted by Gasteiger charge is 1.95. The summed E-state index contributed by atoms with van der Waals surface area (Å²) in [5.74, 6) is 0.497. The van der Waals surface area contributed by atoms with Gasteiger partial charge in [-0.3, -0.25) is 4.99 Å². The fraction of sp³-hybridized carbons (Fsp3) is 0.444. The summed E-state index contributed by atoms with van der Waals surface area (Å²) in [4.78, 5) is 3.76. The van der Waals surface area contributed by atoms with E-state index in [1.54, 1.807) is 0 Å². The summed E-state index contributed by atoms with van der Waals surface area (Å²) in [7, 11) is 0. The molecule has 0 spiro atoms. The number of hydrogen-bond donors (Lipinski definition) is 0. The van der Waals surface area contributed by atoms with Crippen LogP contribution in [0, 0.1) is 5.92 Å². The lowest BCUT2D eigenvalue weighted by Crippen LogP contribution is -1.88. The Hall–Kier alpha value is -0.850. The molecule has 1 nitrogen and oxygen atoms in total. The van der Waals surface area contributed by atoms with Crippen molar-refractivity contribution in [1.82, 2.24) is 0 Å². The number of hydrogen-bond acceptors (Lipinski definition) is 1. The average Bonchev–Trinajstić information content (AvgIpc) is 1.87. The largest absolute Gasteiger partial charge is 0.269 e. The summed E-state index contributed by atoms with van der Waals surface area (Å²) in [5, 5.41) is 0. The third-order valence-electron chi connectivity index (χ3n) is 1.39. The molecule has 0 aliphatic heterocycles. The molecule has 56 valence electrons. The van der Waals surface area contributed by atoms with Crippen LogP contribution in [0.3, 0.4) is 0 Å². The highest BCUT2D eigenvalue weighted by Crippen LogP contribution is 2.10. The molecule has 0 saturated carbocycles. The third-order valence-corrected chi connectivity index (χ3v) is 1.39. The highest BCUT2D eigenvalue weighted by atomic mass is 14.7. The van der Waals surface area contributed by atoms with Gasteiger partial charge in [0.05, 0.1) is 0 Å². The van der Waals surface area contributed by atoms with Gasteiger partial charge in [-0.05, 0) is 25.6 Å². The summed E-state index contributed by atoms with van der Waals surface area (Å²) in [5.41, 5.74) is 2.03. The molecular weight excluding hydrogens is 122 g/mol. The zero-order valence-electron chi connectivity index (χ0n) is 7.02. The predicted molar refractivity (Wildman–Crippen MR) is 47.3 cm³/mol. The fourth-order valence-electron chi connectivity index (χ4n) is 0.481. The monoisotopic (exact) mass is 137 g/mol. The molecule has 0 rings (SSSR count). The predicted octanol–water partition coefficient (Wildman–Crippen LogP) is 2.80. The number of allylic oxidation sites excluding steroid dienone is 3. The summed E-state index contributed by atoms with van der Waals surface area (Å²) in [6, 6.07) is 0. The number of nitrogens with zero attached hydrogens (tertiary/aromatic N) is 1. The van der Waals surface area contributed by atoms with Gasteiger partial charge in [0, 0.05) is 5.70 Å². The third kappa shape index (κ3) is 3.23. The van der Waals surface area contributed by atoms with Gasteiger partial charge in [-0.15, -0.1) is 0 Å². The molecule has 0 aliphatic rings. The van der Waals surface area contributed by atoms with Gasteiger partial charge < -0.3 is 0 Å². The summed E-state index contributed by atoms with van der Waals surface area (Å²) < 4.78 is 0. The minimum Gasteiger partial charge on any atom is -0.269 e. The maximum Gasteiger partial charge on any atom is 0.0368 e. The van der Waals surface area contributed by atoms with Crippen LogP contribution in [0.1, 0.15) is 20.8 Å². The van der Waals surface area contributed by atoms with Crippen LogP contribution in [-0.2, 0) is 0 Å². The van der Waals surface area contributed by atoms with Crippen molar-refractivity contribution >= 4 is 6.72 Å². The Bertz CT molecular complexity index is 164. The number of rotatable bonds is 3. The van der Waals surface area contributed by atoms with Gasteiger partial charge >= 0.3 is 0 Å².